The van der Waals surface area contributed by atoms with Crippen LogP contribution in [0.1, 0.15) is 78.6 Å². The quantitative estimate of drug-likeness (QED) is 0.687. The Morgan fingerprint density at radius 2 is 1.62 bits per heavy atom. The van der Waals surface area contributed by atoms with E-state index >= 15 is 0 Å². The van der Waals surface area contributed by atoms with Crippen molar-refractivity contribution in [3.63, 3.8) is 0 Å². The molecule has 0 unspecified atom stereocenters. The first kappa shape index (κ1) is 17.3. The largest absolute Gasteiger partial charge is 0.393 e. The van der Waals surface area contributed by atoms with Crippen LogP contribution in [0.3, 0.4) is 0 Å². The molecule has 138 valence electrons. The second-order valence-electron chi connectivity index (χ2n) is 10.2. The molecule has 3 nitrogen and oxygen atoms in total. The van der Waals surface area contributed by atoms with Gasteiger partial charge in [-0.2, -0.15) is 0 Å². The Labute approximate surface area is 146 Å². The van der Waals surface area contributed by atoms with Gasteiger partial charge in [0.25, 0.3) is 0 Å². The Bertz CT molecular complexity index is 505. The van der Waals surface area contributed by atoms with Crippen molar-refractivity contribution in [1.82, 2.24) is 0 Å². The van der Waals surface area contributed by atoms with Gasteiger partial charge in [0.05, 0.1) is 17.8 Å². The second-order valence-corrected chi connectivity index (χ2v) is 10.2. The molecule has 4 saturated carbocycles. The Balaban J connectivity index is 1.63. The lowest BCUT2D eigenvalue weighted by Crippen LogP contribution is -2.59. The van der Waals surface area contributed by atoms with Crippen LogP contribution in [-0.2, 0) is 0 Å². The molecule has 3 heteroatoms. The third-order valence-corrected chi connectivity index (χ3v) is 9.54. The number of aliphatic hydroxyl groups is 3. The third kappa shape index (κ3) is 2.07. The Kier molecular flexibility index (Phi) is 3.92. The highest BCUT2D eigenvalue weighted by atomic mass is 16.3. The van der Waals surface area contributed by atoms with Crippen molar-refractivity contribution < 1.29 is 15.3 Å². The lowest BCUT2D eigenvalue weighted by Gasteiger charge is -2.61. The first-order chi connectivity index (χ1) is 11.2. The summed E-state index contributed by atoms with van der Waals surface area (Å²) in [6.07, 6.45) is 8.99. The van der Waals surface area contributed by atoms with Crippen molar-refractivity contribution in [3.05, 3.63) is 0 Å². The molecule has 9 atom stereocenters. The molecule has 4 aliphatic carbocycles. The fraction of sp³-hybridized carbons (Fsp3) is 1.00. The Morgan fingerprint density at radius 3 is 2.33 bits per heavy atom. The summed E-state index contributed by atoms with van der Waals surface area (Å²) in [6, 6.07) is 0. The van der Waals surface area contributed by atoms with Crippen LogP contribution in [0.2, 0.25) is 0 Å². The van der Waals surface area contributed by atoms with Gasteiger partial charge in [-0.25, -0.2) is 0 Å². The van der Waals surface area contributed by atoms with Crippen LogP contribution >= 0.6 is 0 Å². The summed E-state index contributed by atoms with van der Waals surface area (Å²) in [5.41, 5.74) is -0.641. The molecule has 4 aliphatic rings. The van der Waals surface area contributed by atoms with Crippen molar-refractivity contribution in [1.29, 1.82) is 0 Å². The van der Waals surface area contributed by atoms with E-state index in [0.29, 0.717) is 23.2 Å². The standard InChI is InChI=1S/C21H36O3/c1-13(22)21(24)11-8-18-16-5-4-14-12-15(23)6-9-19(14,2)17(16)7-10-20(18,21)3/h13-18,22-24H,4-12H2,1-3H3/t13-,14+,15-,16+,17+,18-,19-,20-,21-/m0/s1. The maximum atomic E-state index is 11.3. The van der Waals surface area contributed by atoms with Gasteiger partial charge in [-0.3, -0.25) is 0 Å². The van der Waals surface area contributed by atoms with E-state index in [4.69, 9.17) is 0 Å². The zero-order valence-electron chi connectivity index (χ0n) is 15.7. The number of fused-ring (bicyclic) bond motifs is 5. The van der Waals surface area contributed by atoms with Crippen molar-refractivity contribution in [2.75, 3.05) is 0 Å². The molecule has 0 bridgehead atoms. The van der Waals surface area contributed by atoms with Crippen molar-refractivity contribution in [2.45, 2.75) is 96.4 Å². The molecule has 0 heterocycles. The summed E-state index contributed by atoms with van der Waals surface area (Å²) in [5.74, 6) is 2.69. The van der Waals surface area contributed by atoms with Crippen LogP contribution in [0.5, 0.6) is 0 Å². The molecule has 0 aromatic heterocycles. The molecular weight excluding hydrogens is 300 g/mol. The second kappa shape index (κ2) is 5.44. The predicted molar refractivity (Wildman–Crippen MR) is 94.4 cm³/mol. The van der Waals surface area contributed by atoms with Gasteiger partial charge in [-0.1, -0.05) is 13.8 Å². The minimum atomic E-state index is -0.900. The number of rotatable bonds is 1. The van der Waals surface area contributed by atoms with Crippen LogP contribution < -0.4 is 0 Å². The summed E-state index contributed by atoms with van der Waals surface area (Å²) < 4.78 is 0. The van der Waals surface area contributed by atoms with Gasteiger partial charge in [0.1, 0.15) is 0 Å². The van der Waals surface area contributed by atoms with Gasteiger partial charge in [-0.15, -0.1) is 0 Å². The minimum absolute atomic E-state index is 0.0831. The molecule has 0 aromatic rings. The maximum absolute atomic E-state index is 11.3. The van der Waals surface area contributed by atoms with E-state index < -0.39 is 11.7 Å². The average Bonchev–Trinajstić information content (AvgIpc) is 2.81. The molecule has 24 heavy (non-hydrogen) atoms. The van der Waals surface area contributed by atoms with Gasteiger partial charge < -0.3 is 15.3 Å². The summed E-state index contributed by atoms with van der Waals surface area (Å²) in [4.78, 5) is 0. The zero-order chi connectivity index (χ0) is 17.3. The van der Waals surface area contributed by atoms with Crippen LogP contribution in [0, 0.1) is 34.5 Å². The SMILES string of the molecule is C[C@H](O)[C@@]1(O)CC[C@H]2[C@@H]3CC[C@@H]4C[C@@H](O)CC[C@]4(C)[C@@H]3CC[C@@]21C. The highest BCUT2D eigenvalue weighted by Crippen LogP contribution is 2.68. The normalized spacial score (nSPS) is 58.5. The molecule has 0 saturated heterocycles. The predicted octanol–water partition coefficient (Wildman–Crippen LogP) is 3.50. The van der Waals surface area contributed by atoms with E-state index in [2.05, 4.69) is 13.8 Å². The molecule has 0 spiro atoms. The number of hydrogen-bond acceptors (Lipinski definition) is 3. The van der Waals surface area contributed by atoms with Crippen LogP contribution in [-0.4, -0.2) is 33.1 Å². The zero-order valence-corrected chi connectivity index (χ0v) is 15.7. The van der Waals surface area contributed by atoms with Gasteiger partial charge in [0, 0.05) is 5.41 Å². The van der Waals surface area contributed by atoms with Crippen LogP contribution in [0.15, 0.2) is 0 Å². The van der Waals surface area contributed by atoms with E-state index in [9.17, 15) is 15.3 Å². The molecule has 4 rings (SSSR count). The van der Waals surface area contributed by atoms with Gasteiger partial charge in [0.2, 0.25) is 0 Å². The van der Waals surface area contributed by atoms with E-state index in [1.165, 1.54) is 25.7 Å². The van der Waals surface area contributed by atoms with Crippen molar-refractivity contribution >= 4 is 0 Å². The molecule has 3 N–H and O–H groups in total. The van der Waals surface area contributed by atoms with Crippen LogP contribution in [0.25, 0.3) is 0 Å². The van der Waals surface area contributed by atoms with Crippen molar-refractivity contribution in [3.8, 4) is 0 Å². The first-order valence-corrected chi connectivity index (χ1v) is 10.3. The molecule has 0 aliphatic heterocycles. The van der Waals surface area contributed by atoms with Gasteiger partial charge in [0.15, 0.2) is 0 Å². The minimum Gasteiger partial charge on any atom is -0.393 e. The maximum Gasteiger partial charge on any atom is 0.0958 e. The lowest BCUT2D eigenvalue weighted by molar-refractivity contribution is -0.186. The van der Waals surface area contributed by atoms with Gasteiger partial charge >= 0.3 is 0 Å². The van der Waals surface area contributed by atoms with Gasteiger partial charge in [-0.05, 0) is 93.8 Å². The van der Waals surface area contributed by atoms with E-state index in [1.54, 1.807) is 6.92 Å². The molecule has 4 fully saturated rings. The molecule has 0 amide bonds. The first-order valence-electron chi connectivity index (χ1n) is 10.3. The number of hydrogen-bond donors (Lipinski definition) is 3. The molecular formula is C21H36O3. The Morgan fingerprint density at radius 1 is 0.917 bits per heavy atom. The lowest BCUT2D eigenvalue weighted by atomic mass is 9.44. The summed E-state index contributed by atoms with van der Waals surface area (Å²) >= 11 is 0. The summed E-state index contributed by atoms with van der Waals surface area (Å²) in [7, 11) is 0. The van der Waals surface area contributed by atoms with Crippen LogP contribution in [0.4, 0.5) is 0 Å². The highest BCUT2D eigenvalue weighted by molar-refractivity contribution is 5.15. The van der Waals surface area contributed by atoms with Crippen molar-refractivity contribution in [2.24, 2.45) is 34.5 Å². The van der Waals surface area contributed by atoms with E-state index in [-0.39, 0.29) is 11.5 Å². The van der Waals surface area contributed by atoms with E-state index in [1.807, 2.05) is 0 Å². The summed E-state index contributed by atoms with van der Waals surface area (Å²) in [6.45, 7) is 6.53. The fourth-order valence-electron chi connectivity index (χ4n) is 7.97. The monoisotopic (exact) mass is 336 g/mol. The number of aliphatic hydroxyl groups excluding tert-OH is 2. The fourth-order valence-corrected chi connectivity index (χ4v) is 7.97. The molecule has 0 aromatic carbocycles. The highest BCUT2D eigenvalue weighted by Gasteiger charge is 2.65. The Hall–Kier alpha value is -0.120. The smallest absolute Gasteiger partial charge is 0.0958 e. The summed E-state index contributed by atoms with van der Waals surface area (Å²) in [5, 5.41) is 31.7. The third-order valence-electron chi connectivity index (χ3n) is 9.54. The topological polar surface area (TPSA) is 60.7 Å². The molecule has 0 radical (unpaired) electrons. The average molecular weight is 337 g/mol. The van der Waals surface area contributed by atoms with E-state index in [0.717, 1.165) is 38.0 Å².